The van der Waals surface area contributed by atoms with E-state index in [-0.39, 0.29) is 11.6 Å². The Bertz CT molecular complexity index is 662. The van der Waals surface area contributed by atoms with Crippen LogP contribution in [0.15, 0.2) is 35.5 Å². The minimum Gasteiger partial charge on any atom is -0.399 e. The van der Waals surface area contributed by atoms with Crippen molar-refractivity contribution in [3.05, 3.63) is 36.4 Å². The van der Waals surface area contributed by atoms with Gasteiger partial charge in [0.25, 0.3) is 16.0 Å². The molecule has 0 aliphatic rings. The van der Waals surface area contributed by atoms with Crippen LogP contribution in [0.1, 0.15) is 0 Å². The summed E-state index contributed by atoms with van der Waals surface area (Å²) in [6.07, 6.45) is 2.53. The average molecular weight is 269 g/mol. The van der Waals surface area contributed by atoms with Crippen molar-refractivity contribution in [2.75, 3.05) is 10.5 Å². The highest BCUT2D eigenvalue weighted by Gasteiger charge is 2.20. The van der Waals surface area contributed by atoms with E-state index in [0.29, 0.717) is 0 Å². The fourth-order valence-electron chi connectivity index (χ4n) is 1.20. The molecule has 3 N–H and O–H groups in total. The zero-order chi connectivity index (χ0) is 13.2. The maximum Gasteiger partial charge on any atom is 0.267 e. The summed E-state index contributed by atoms with van der Waals surface area (Å²) in [6, 6.07) is 3.23. The van der Waals surface area contributed by atoms with Crippen molar-refractivity contribution in [2.45, 2.75) is 4.90 Å². The molecule has 9 heteroatoms. The number of nitrogens with two attached hydrogens (primary N) is 1. The Morgan fingerprint density at radius 2 is 2.06 bits per heavy atom. The second-order valence-electron chi connectivity index (χ2n) is 3.26. The van der Waals surface area contributed by atoms with Gasteiger partial charge in [0.1, 0.15) is 10.7 Å². The first-order valence-corrected chi connectivity index (χ1v) is 6.19. The van der Waals surface area contributed by atoms with Crippen molar-refractivity contribution in [1.82, 2.24) is 15.2 Å². The van der Waals surface area contributed by atoms with Crippen LogP contribution in [0.2, 0.25) is 0 Å². The maximum absolute atomic E-state index is 13.4. The molecule has 2 rings (SSSR count). The van der Waals surface area contributed by atoms with Gasteiger partial charge in [0.2, 0.25) is 0 Å². The second-order valence-corrected chi connectivity index (χ2v) is 4.91. The number of hydrogen-bond acceptors (Lipinski definition) is 6. The predicted octanol–water partition coefficient (Wildman–Crippen LogP) is 0.394. The van der Waals surface area contributed by atoms with Gasteiger partial charge < -0.3 is 5.73 Å². The highest BCUT2D eigenvalue weighted by molar-refractivity contribution is 7.92. The number of hydrogen-bond donors (Lipinski definition) is 2. The molecule has 18 heavy (non-hydrogen) atoms. The van der Waals surface area contributed by atoms with Gasteiger partial charge in [-0.3, -0.25) is 0 Å². The normalized spacial score (nSPS) is 11.2. The average Bonchev–Trinajstić information content (AvgIpc) is 2.33. The van der Waals surface area contributed by atoms with Gasteiger partial charge in [-0.25, -0.2) is 22.5 Å². The van der Waals surface area contributed by atoms with Crippen molar-refractivity contribution in [2.24, 2.45) is 0 Å². The minimum atomic E-state index is -4.14. The highest BCUT2D eigenvalue weighted by Crippen LogP contribution is 2.19. The third-order valence-corrected chi connectivity index (χ3v) is 3.30. The number of sulfonamides is 1. The Morgan fingerprint density at radius 1 is 1.28 bits per heavy atom. The van der Waals surface area contributed by atoms with Crippen LogP contribution in [-0.2, 0) is 10.0 Å². The summed E-state index contributed by atoms with van der Waals surface area (Å²) in [6.45, 7) is 0. The fourth-order valence-corrected chi connectivity index (χ4v) is 2.26. The first-order chi connectivity index (χ1) is 8.49. The van der Waals surface area contributed by atoms with Crippen LogP contribution in [0.3, 0.4) is 0 Å². The van der Waals surface area contributed by atoms with Crippen LogP contribution in [0, 0.1) is 5.82 Å². The van der Waals surface area contributed by atoms with Gasteiger partial charge in [-0.1, -0.05) is 0 Å². The monoisotopic (exact) mass is 269 g/mol. The van der Waals surface area contributed by atoms with E-state index < -0.39 is 20.7 Å². The third-order valence-electron chi connectivity index (χ3n) is 1.95. The molecule has 0 saturated carbocycles. The molecular weight excluding hydrogens is 261 g/mol. The third kappa shape index (κ3) is 2.51. The van der Waals surface area contributed by atoms with Gasteiger partial charge in [0.05, 0.1) is 12.4 Å². The maximum atomic E-state index is 13.4. The molecule has 0 spiro atoms. The molecule has 94 valence electrons. The zero-order valence-electron chi connectivity index (χ0n) is 8.91. The second kappa shape index (κ2) is 4.53. The Hall–Kier alpha value is -2.29. The van der Waals surface area contributed by atoms with Crippen LogP contribution in [0.25, 0.3) is 0 Å². The Morgan fingerprint density at radius 3 is 2.72 bits per heavy atom. The van der Waals surface area contributed by atoms with Crippen LogP contribution in [-0.4, -0.2) is 23.6 Å². The number of benzene rings is 1. The van der Waals surface area contributed by atoms with Crippen LogP contribution in [0.4, 0.5) is 16.0 Å². The number of nitrogen functional groups attached to an aromatic ring is 1. The van der Waals surface area contributed by atoms with Gasteiger partial charge in [-0.2, -0.15) is 5.10 Å². The number of rotatable bonds is 3. The zero-order valence-corrected chi connectivity index (χ0v) is 9.72. The molecule has 1 aromatic heterocycles. The lowest BCUT2D eigenvalue weighted by Crippen LogP contribution is -2.17. The van der Waals surface area contributed by atoms with Crippen LogP contribution >= 0.6 is 0 Å². The quantitative estimate of drug-likeness (QED) is 0.780. The summed E-state index contributed by atoms with van der Waals surface area (Å²) in [5.41, 5.74) is 5.54. The lowest BCUT2D eigenvalue weighted by Gasteiger charge is -2.07. The van der Waals surface area contributed by atoms with Gasteiger partial charge in [-0.15, -0.1) is 5.10 Å². The van der Waals surface area contributed by atoms with Gasteiger partial charge in [0.15, 0.2) is 0 Å². The molecule has 0 amide bonds. The first kappa shape index (κ1) is 12.2. The summed E-state index contributed by atoms with van der Waals surface area (Å²) < 4.78 is 39.2. The summed E-state index contributed by atoms with van der Waals surface area (Å²) in [5, 5.41) is 6.88. The molecule has 7 nitrogen and oxygen atoms in total. The van der Waals surface area contributed by atoms with Crippen molar-refractivity contribution < 1.29 is 12.8 Å². The predicted molar refractivity (Wildman–Crippen MR) is 61.4 cm³/mol. The van der Waals surface area contributed by atoms with Crippen LogP contribution < -0.4 is 10.5 Å². The molecule has 0 fully saturated rings. The van der Waals surface area contributed by atoms with Crippen molar-refractivity contribution in [1.29, 1.82) is 0 Å². The summed E-state index contributed by atoms with van der Waals surface area (Å²) >= 11 is 0. The number of aromatic nitrogens is 3. The number of nitrogens with one attached hydrogen (secondary N) is 1. The molecule has 2 aromatic rings. The molecule has 0 radical (unpaired) electrons. The lowest BCUT2D eigenvalue weighted by atomic mass is 10.3. The molecule has 0 unspecified atom stereocenters. The standard InChI is InChI=1S/C9H8FN5O2S/c10-7-2-1-6(11)5-8(7)18(16,17)15-9-12-3-4-13-14-9/h1-5H,11H2,(H,12,14,15). The van der Waals surface area contributed by atoms with E-state index in [1.54, 1.807) is 0 Å². The SMILES string of the molecule is Nc1ccc(F)c(S(=O)(=O)Nc2nccnn2)c1. The largest absolute Gasteiger partial charge is 0.399 e. The first-order valence-electron chi connectivity index (χ1n) is 4.70. The Balaban J connectivity index is 2.40. The molecule has 0 aliphatic carbocycles. The smallest absolute Gasteiger partial charge is 0.267 e. The van der Waals surface area contributed by atoms with E-state index in [2.05, 4.69) is 15.2 Å². The van der Waals surface area contributed by atoms with Crippen molar-refractivity contribution >= 4 is 21.7 Å². The highest BCUT2D eigenvalue weighted by atomic mass is 32.2. The van der Waals surface area contributed by atoms with Crippen molar-refractivity contribution in [3.8, 4) is 0 Å². The number of halogens is 1. The molecule has 0 bridgehead atoms. The minimum absolute atomic E-state index is 0.129. The van der Waals surface area contributed by atoms with E-state index >= 15 is 0 Å². The lowest BCUT2D eigenvalue weighted by molar-refractivity contribution is 0.570. The molecular formula is C9H8FN5O2S. The number of nitrogens with zero attached hydrogens (tertiary/aromatic N) is 3. The van der Waals surface area contributed by atoms with E-state index in [9.17, 15) is 12.8 Å². The molecule has 0 aliphatic heterocycles. The number of anilines is 2. The van der Waals surface area contributed by atoms with E-state index in [1.807, 2.05) is 4.72 Å². The fraction of sp³-hybridized carbons (Fsp3) is 0. The van der Waals surface area contributed by atoms with E-state index in [0.717, 1.165) is 12.1 Å². The summed E-state index contributed by atoms with van der Waals surface area (Å²) in [4.78, 5) is 3.05. The topological polar surface area (TPSA) is 111 Å². The van der Waals surface area contributed by atoms with E-state index in [1.165, 1.54) is 18.5 Å². The van der Waals surface area contributed by atoms with Gasteiger partial charge in [0, 0.05) is 5.69 Å². The molecule has 1 aromatic carbocycles. The van der Waals surface area contributed by atoms with E-state index in [4.69, 9.17) is 5.73 Å². The molecule has 0 atom stereocenters. The summed E-state index contributed by atoms with van der Waals surface area (Å²) in [7, 11) is -4.14. The Kier molecular flexibility index (Phi) is 3.06. The molecule has 0 saturated heterocycles. The van der Waals surface area contributed by atoms with Crippen molar-refractivity contribution in [3.63, 3.8) is 0 Å². The van der Waals surface area contributed by atoms with Gasteiger partial charge in [-0.05, 0) is 18.2 Å². The Labute approximate surface area is 102 Å². The van der Waals surface area contributed by atoms with Crippen LogP contribution in [0.5, 0.6) is 0 Å². The van der Waals surface area contributed by atoms with Gasteiger partial charge >= 0.3 is 0 Å². The molecule has 1 heterocycles. The summed E-state index contributed by atoms with van der Waals surface area (Å²) in [5.74, 6) is -1.17.